The van der Waals surface area contributed by atoms with Gasteiger partial charge in [-0.3, -0.25) is 0 Å². The zero-order valence-electron chi connectivity index (χ0n) is 21.8. The van der Waals surface area contributed by atoms with Crippen LogP contribution in [0.5, 0.6) is 0 Å². The monoisotopic (exact) mass is 436 g/mol. The lowest BCUT2D eigenvalue weighted by Crippen LogP contribution is -1.88. The number of aryl methyl sites for hydroxylation is 7. The Kier molecular flexibility index (Phi) is 10.1. The second kappa shape index (κ2) is 12.8. The van der Waals surface area contributed by atoms with Gasteiger partial charge in [-0.25, -0.2) is 0 Å². The third-order valence-electron chi connectivity index (χ3n) is 6.19. The molecule has 0 fully saturated rings. The number of benzene rings is 4. The highest BCUT2D eigenvalue weighted by Gasteiger charge is 1.96. The molecule has 4 aromatic rings. The Morgan fingerprint density at radius 1 is 0.394 bits per heavy atom. The van der Waals surface area contributed by atoms with Crippen LogP contribution in [-0.4, -0.2) is 0 Å². The number of hydrogen-bond acceptors (Lipinski definition) is 0. The zero-order chi connectivity index (χ0) is 24.4. The molecule has 0 aliphatic rings. The molecule has 0 saturated heterocycles. The Hall–Kier alpha value is -3.12. The fraction of sp³-hybridized carbons (Fsp3) is 0.273. The zero-order valence-corrected chi connectivity index (χ0v) is 21.8. The molecule has 0 radical (unpaired) electrons. The van der Waals surface area contributed by atoms with Crippen molar-refractivity contribution in [2.75, 3.05) is 0 Å². The predicted molar refractivity (Wildman–Crippen MR) is 146 cm³/mol. The molecule has 4 rings (SSSR count). The van der Waals surface area contributed by atoms with Crippen molar-refractivity contribution in [2.45, 2.75) is 61.8 Å². The lowest BCUT2D eigenvalue weighted by molar-refractivity contribution is 1.18. The van der Waals surface area contributed by atoms with Gasteiger partial charge in [0.15, 0.2) is 0 Å². The van der Waals surface area contributed by atoms with E-state index in [9.17, 15) is 0 Å². The molecule has 33 heavy (non-hydrogen) atoms. The topological polar surface area (TPSA) is 0 Å². The first-order valence-electron chi connectivity index (χ1n) is 11.8. The van der Waals surface area contributed by atoms with Crippen LogP contribution in [-0.2, 0) is 6.42 Å². The highest BCUT2D eigenvalue weighted by molar-refractivity contribution is 5.32. The summed E-state index contributed by atoms with van der Waals surface area (Å²) < 4.78 is 0. The molecule has 0 atom stereocenters. The maximum absolute atomic E-state index is 2.20. The first-order chi connectivity index (χ1) is 15.7. The molecule has 0 N–H and O–H groups in total. The molecular weight excluding hydrogens is 396 g/mol. The quantitative estimate of drug-likeness (QED) is 0.294. The van der Waals surface area contributed by atoms with Gasteiger partial charge in [0.1, 0.15) is 0 Å². The van der Waals surface area contributed by atoms with Crippen LogP contribution < -0.4 is 0 Å². The molecule has 0 aromatic heterocycles. The fourth-order valence-corrected chi connectivity index (χ4v) is 3.44. The summed E-state index contributed by atoms with van der Waals surface area (Å²) in [6, 6.07) is 30.4. The van der Waals surface area contributed by atoms with Crippen molar-refractivity contribution in [2.24, 2.45) is 0 Å². The third kappa shape index (κ3) is 9.10. The summed E-state index contributed by atoms with van der Waals surface area (Å²) in [7, 11) is 0. The normalized spacial score (nSPS) is 9.94. The fourth-order valence-electron chi connectivity index (χ4n) is 3.44. The highest BCUT2D eigenvalue weighted by Crippen LogP contribution is 2.12. The Morgan fingerprint density at radius 2 is 0.818 bits per heavy atom. The molecule has 0 unspecified atom stereocenters. The van der Waals surface area contributed by atoms with E-state index in [2.05, 4.69) is 140 Å². The highest BCUT2D eigenvalue weighted by atomic mass is 14.0. The van der Waals surface area contributed by atoms with Crippen molar-refractivity contribution >= 4 is 0 Å². The second-order valence-electron chi connectivity index (χ2n) is 9.25. The van der Waals surface area contributed by atoms with Crippen LogP contribution in [0.15, 0.2) is 84.9 Å². The average Bonchev–Trinajstić information content (AvgIpc) is 2.79. The molecule has 0 saturated carbocycles. The smallest absolute Gasteiger partial charge is 0.00258 e. The van der Waals surface area contributed by atoms with Crippen molar-refractivity contribution in [1.82, 2.24) is 0 Å². The minimum atomic E-state index is 1.03. The minimum Gasteiger partial charge on any atom is -0.0617 e. The van der Waals surface area contributed by atoms with E-state index in [1.165, 1.54) is 55.6 Å². The maximum Gasteiger partial charge on any atom is -0.00258 e. The lowest BCUT2D eigenvalue weighted by Gasteiger charge is -2.03. The minimum absolute atomic E-state index is 1.03. The number of hydrogen-bond donors (Lipinski definition) is 0. The van der Waals surface area contributed by atoms with E-state index in [0.29, 0.717) is 0 Å². The summed E-state index contributed by atoms with van der Waals surface area (Å²) in [5, 5.41) is 0. The van der Waals surface area contributed by atoms with Gasteiger partial charge in [-0.2, -0.15) is 0 Å². The Balaban J connectivity index is 0.000000186. The molecule has 0 aliphatic carbocycles. The molecule has 0 nitrogen and oxygen atoms in total. The molecule has 0 bridgehead atoms. The third-order valence-corrected chi connectivity index (χ3v) is 6.19. The van der Waals surface area contributed by atoms with E-state index >= 15 is 0 Å². The lowest BCUT2D eigenvalue weighted by atomic mass is 10.0. The van der Waals surface area contributed by atoms with Crippen molar-refractivity contribution in [3.05, 3.63) is 141 Å². The van der Waals surface area contributed by atoms with Gasteiger partial charge in [0.05, 0.1) is 0 Å². The van der Waals surface area contributed by atoms with Crippen LogP contribution in [0.3, 0.4) is 0 Å². The molecule has 0 amide bonds. The Labute approximate surface area is 202 Å². The Bertz CT molecular complexity index is 1070. The van der Waals surface area contributed by atoms with Crippen LogP contribution in [0.4, 0.5) is 0 Å². The van der Waals surface area contributed by atoms with Crippen LogP contribution in [0.25, 0.3) is 0 Å². The molecule has 4 aromatic carbocycles. The van der Waals surface area contributed by atoms with Gasteiger partial charge < -0.3 is 0 Å². The van der Waals surface area contributed by atoms with Gasteiger partial charge in [0.2, 0.25) is 0 Å². The van der Waals surface area contributed by atoms with E-state index in [0.717, 1.165) is 6.42 Å². The summed E-state index contributed by atoms with van der Waals surface area (Å²) in [6.45, 7) is 17.1. The van der Waals surface area contributed by atoms with E-state index in [4.69, 9.17) is 0 Å². The molecule has 0 spiro atoms. The first kappa shape index (κ1) is 26.1. The average molecular weight is 437 g/mol. The van der Waals surface area contributed by atoms with Crippen molar-refractivity contribution < 1.29 is 0 Å². The molecule has 0 heteroatoms. The van der Waals surface area contributed by atoms with Crippen LogP contribution >= 0.6 is 0 Å². The summed E-state index contributed by atoms with van der Waals surface area (Å²) in [5.74, 6) is 0. The van der Waals surface area contributed by atoms with Crippen molar-refractivity contribution in [3.63, 3.8) is 0 Å². The van der Waals surface area contributed by atoms with Gasteiger partial charge in [-0.15, -0.1) is 0 Å². The van der Waals surface area contributed by atoms with Gasteiger partial charge in [0, 0.05) is 0 Å². The van der Waals surface area contributed by atoms with Gasteiger partial charge >= 0.3 is 0 Å². The maximum atomic E-state index is 2.20. The van der Waals surface area contributed by atoms with E-state index in [1.807, 2.05) is 0 Å². The molecule has 0 aliphatic heterocycles. The number of rotatable bonds is 2. The summed E-state index contributed by atoms with van der Waals surface area (Å²) >= 11 is 0. The van der Waals surface area contributed by atoms with E-state index in [-0.39, 0.29) is 0 Å². The molecule has 172 valence electrons. The predicted octanol–water partition coefficient (Wildman–Crippen LogP) is 9.12. The van der Waals surface area contributed by atoms with E-state index in [1.54, 1.807) is 0 Å². The Morgan fingerprint density at radius 3 is 1.18 bits per heavy atom. The van der Waals surface area contributed by atoms with Gasteiger partial charge in [0.25, 0.3) is 0 Å². The summed E-state index contributed by atoms with van der Waals surface area (Å²) in [6.07, 6.45) is 1.03. The van der Waals surface area contributed by atoms with Crippen molar-refractivity contribution in [1.29, 1.82) is 0 Å². The van der Waals surface area contributed by atoms with Crippen molar-refractivity contribution in [3.8, 4) is 0 Å². The SMILES string of the molecule is Cc1ccc(C)c(C)c1.Cc1ccc(Cc2ccc(C)cc2)cc1.Cc1cccc(C)c1C. The first-order valence-corrected chi connectivity index (χ1v) is 11.8. The van der Waals surface area contributed by atoms with Crippen LogP contribution in [0.1, 0.15) is 55.6 Å². The van der Waals surface area contributed by atoms with Crippen LogP contribution in [0, 0.1) is 55.4 Å². The van der Waals surface area contributed by atoms with Crippen LogP contribution in [0.2, 0.25) is 0 Å². The standard InChI is InChI=1S/C15H16.2C9H12/c1-12-3-7-14(8-4-12)11-15-9-5-13(2)6-10-15;1-7-4-5-8(2)9(3)6-7;1-7-5-4-6-8(2)9(7)3/h3-10H,11H2,1-2H3;2*4-6H,1-3H3. The summed E-state index contributed by atoms with van der Waals surface area (Å²) in [5.41, 5.74) is 13.7. The largest absolute Gasteiger partial charge is 0.0617 e. The van der Waals surface area contributed by atoms with Gasteiger partial charge in [-0.1, -0.05) is 102 Å². The van der Waals surface area contributed by atoms with E-state index < -0.39 is 0 Å². The summed E-state index contributed by atoms with van der Waals surface area (Å²) in [4.78, 5) is 0. The molecular formula is C33H40. The second-order valence-corrected chi connectivity index (χ2v) is 9.25. The molecule has 0 heterocycles. The van der Waals surface area contributed by atoms with Gasteiger partial charge in [-0.05, 0) is 101 Å².